The average molecular weight is 523 g/mol. The third-order valence-corrected chi connectivity index (χ3v) is 8.83. The zero-order chi connectivity index (χ0) is 24.9. The summed E-state index contributed by atoms with van der Waals surface area (Å²) in [5, 5.41) is 20.8. The molecule has 1 aromatic carbocycles. The van der Waals surface area contributed by atoms with Gasteiger partial charge in [0.2, 0.25) is 11.0 Å². The van der Waals surface area contributed by atoms with E-state index >= 15 is 0 Å². The van der Waals surface area contributed by atoms with Crippen molar-refractivity contribution >= 4 is 44.0 Å². The lowest BCUT2D eigenvalue weighted by Gasteiger charge is -2.14. The second kappa shape index (κ2) is 11.4. The summed E-state index contributed by atoms with van der Waals surface area (Å²) in [4.78, 5) is 13.1. The number of hydrogen-bond acceptors (Lipinski definition) is 9. The topological polar surface area (TPSA) is 120 Å². The molecule has 1 amide bonds. The van der Waals surface area contributed by atoms with E-state index in [1.165, 1.54) is 23.1 Å². The molecular weight excluding hydrogens is 492 g/mol. The molecule has 0 saturated carbocycles. The Bertz CT molecular complexity index is 1220. The monoisotopic (exact) mass is 522 g/mol. The third kappa shape index (κ3) is 6.63. The fourth-order valence-corrected chi connectivity index (χ4v) is 6.46. The van der Waals surface area contributed by atoms with Crippen LogP contribution < -0.4 is 5.32 Å². The highest BCUT2D eigenvalue weighted by atomic mass is 32.2. The van der Waals surface area contributed by atoms with Gasteiger partial charge in [-0.3, -0.25) is 10.1 Å². The van der Waals surface area contributed by atoms with Crippen LogP contribution in [0.5, 0.6) is 0 Å². The Hall–Kier alpha value is -2.31. The normalized spacial score (nSPS) is 12.8. The molecule has 184 valence electrons. The molecule has 1 unspecified atom stereocenters. The molecular formula is C22H30N6O3S3. The van der Waals surface area contributed by atoms with Crippen molar-refractivity contribution < 1.29 is 13.2 Å². The number of benzene rings is 1. The minimum absolute atomic E-state index is 0.195. The average Bonchev–Trinajstić information content (AvgIpc) is 3.37. The summed E-state index contributed by atoms with van der Waals surface area (Å²) in [5.74, 6) is 0.353. The molecule has 9 nitrogen and oxygen atoms in total. The Kier molecular flexibility index (Phi) is 8.83. The standard InChI is InChI=1S/C22H30N6O3S3/c1-6-17(20(29)23-21-26-25-19(33-21)12-14(3)4)32-22-27-24-18(28(22)7-2)13-34(30,31)16-10-8-15(5)9-11-16/h8-11,14,17H,6-7,12-13H2,1-5H3,(H,23,26,29). The summed E-state index contributed by atoms with van der Waals surface area (Å²) in [5.41, 5.74) is 0.989. The maximum absolute atomic E-state index is 12.9. The molecule has 12 heteroatoms. The number of aromatic nitrogens is 5. The van der Waals surface area contributed by atoms with Crippen LogP contribution in [0, 0.1) is 12.8 Å². The van der Waals surface area contributed by atoms with Crippen LogP contribution in [-0.4, -0.2) is 44.5 Å². The van der Waals surface area contributed by atoms with E-state index in [2.05, 4.69) is 39.6 Å². The molecule has 0 saturated heterocycles. The van der Waals surface area contributed by atoms with Gasteiger partial charge in [-0.25, -0.2) is 8.42 Å². The van der Waals surface area contributed by atoms with Crippen molar-refractivity contribution in [3.05, 3.63) is 40.7 Å². The summed E-state index contributed by atoms with van der Waals surface area (Å²) in [7, 11) is -3.57. The van der Waals surface area contributed by atoms with Crippen molar-refractivity contribution in [2.45, 2.75) is 75.1 Å². The van der Waals surface area contributed by atoms with Gasteiger partial charge in [-0.05, 0) is 38.3 Å². The SMILES string of the molecule is CCC(Sc1nnc(CS(=O)(=O)c2ccc(C)cc2)n1CC)C(=O)Nc1nnc(CC(C)C)s1. The van der Waals surface area contributed by atoms with E-state index in [0.717, 1.165) is 17.0 Å². The van der Waals surface area contributed by atoms with Crippen LogP contribution in [0.1, 0.15) is 50.5 Å². The van der Waals surface area contributed by atoms with Gasteiger partial charge in [0.25, 0.3) is 0 Å². The summed E-state index contributed by atoms with van der Waals surface area (Å²) in [6, 6.07) is 6.74. The number of sulfone groups is 1. The lowest BCUT2D eigenvalue weighted by molar-refractivity contribution is -0.115. The molecule has 1 N–H and O–H groups in total. The fraction of sp³-hybridized carbons (Fsp3) is 0.500. The first-order valence-corrected chi connectivity index (χ1v) is 14.5. The quantitative estimate of drug-likeness (QED) is 0.373. The van der Waals surface area contributed by atoms with Gasteiger partial charge in [0.05, 0.1) is 10.1 Å². The summed E-state index contributed by atoms with van der Waals surface area (Å²) >= 11 is 2.65. The minimum Gasteiger partial charge on any atom is -0.305 e. The van der Waals surface area contributed by atoms with E-state index in [1.54, 1.807) is 28.8 Å². The van der Waals surface area contributed by atoms with Crippen LogP contribution >= 0.6 is 23.1 Å². The molecule has 0 aliphatic carbocycles. The van der Waals surface area contributed by atoms with Crippen molar-refractivity contribution in [2.24, 2.45) is 5.92 Å². The smallest absolute Gasteiger partial charge is 0.239 e. The Labute approximate surface area is 208 Å². The summed E-state index contributed by atoms with van der Waals surface area (Å²) in [6.07, 6.45) is 1.37. The lowest BCUT2D eigenvalue weighted by Crippen LogP contribution is -2.25. The largest absolute Gasteiger partial charge is 0.305 e. The Morgan fingerprint density at radius 2 is 1.82 bits per heavy atom. The number of nitrogens with zero attached hydrogens (tertiary/aromatic N) is 5. The van der Waals surface area contributed by atoms with Crippen LogP contribution in [0.2, 0.25) is 0 Å². The zero-order valence-corrected chi connectivity index (χ0v) is 22.4. The van der Waals surface area contributed by atoms with Gasteiger partial charge in [-0.2, -0.15) is 0 Å². The zero-order valence-electron chi connectivity index (χ0n) is 20.0. The number of carbonyl (C=O) groups is 1. The van der Waals surface area contributed by atoms with Crippen LogP contribution in [0.15, 0.2) is 34.3 Å². The number of aryl methyl sites for hydroxylation is 1. The maximum atomic E-state index is 12.9. The van der Waals surface area contributed by atoms with Crippen LogP contribution in [0.4, 0.5) is 5.13 Å². The highest BCUT2D eigenvalue weighted by molar-refractivity contribution is 8.00. The predicted octanol–water partition coefficient (Wildman–Crippen LogP) is 4.14. The lowest BCUT2D eigenvalue weighted by atomic mass is 10.1. The van der Waals surface area contributed by atoms with Gasteiger partial charge in [0, 0.05) is 13.0 Å². The van der Waals surface area contributed by atoms with Gasteiger partial charge in [-0.15, -0.1) is 20.4 Å². The fourth-order valence-electron chi connectivity index (χ4n) is 3.20. The van der Waals surface area contributed by atoms with E-state index < -0.39 is 15.1 Å². The van der Waals surface area contributed by atoms with Crippen molar-refractivity contribution in [3.63, 3.8) is 0 Å². The van der Waals surface area contributed by atoms with Gasteiger partial charge < -0.3 is 4.57 Å². The summed E-state index contributed by atoms with van der Waals surface area (Å²) < 4.78 is 27.5. The van der Waals surface area contributed by atoms with Crippen molar-refractivity contribution in [1.82, 2.24) is 25.0 Å². The van der Waals surface area contributed by atoms with Gasteiger partial charge in [0.1, 0.15) is 16.6 Å². The van der Waals surface area contributed by atoms with Crippen molar-refractivity contribution in [2.75, 3.05) is 5.32 Å². The molecule has 2 heterocycles. The molecule has 0 bridgehead atoms. The van der Waals surface area contributed by atoms with E-state index in [1.807, 2.05) is 20.8 Å². The minimum atomic E-state index is -3.57. The summed E-state index contributed by atoms with van der Waals surface area (Å²) in [6.45, 7) is 10.4. The Morgan fingerprint density at radius 3 is 2.44 bits per heavy atom. The molecule has 3 rings (SSSR count). The number of hydrogen-bond donors (Lipinski definition) is 1. The molecule has 0 radical (unpaired) electrons. The van der Waals surface area contributed by atoms with Crippen molar-refractivity contribution in [3.8, 4) is 0 Å². The first kappa shape index (κ1) is 26.3. The molecule has 3 aromatic rings. The molecule has 34 heavy (non-hydrogen) atoms. The van der Waals surface area contributed by atoms with E-state index in [-0.39, 0.29) is 16.6 Å². The molecule has 0 aliphatic heterocycles. The number of rotatable bonds is 11. The molecule has 0 spiro atoms. The third-order valence-electron chi connectivity index (χ3n) is 5.00. The molecule has 2 aromatic heterocycles. The maximum Gasteiger partial charge on any atom is 0.239 e. The molecule has 0 fully saturated rings. The van der Waals surface area contributed by atoms with E-state index in [9.17, 15) is 13.2 Å². The van der Waals surface area contributed by atoms with Gasteiger partial charge >= 0.3 is 0 Å². The number of thioether (sulfide) groups is 1. The highest BCUT2D eigenvalue weighted by Gasteiger charge is 2.25. The second-order valence-corrected chi connectivity index (χ2v) is 12.5. The van der Waals surface area contributed by atoms with Crippen LogP contribution in [0.25, 0.3) is 0 Å². The molecule has 1 atom stereocenters. The molecule has 0 aliphatic rings. The number of nitrogens with one attached hydrogen (secondary N) is 1. The number of amides is 1. The van der Waals surface area contributed by atoms with E-state index in [4.69, 9.17) is 0 Å². The Morgan fingerprint density at radius 1 is 1.12 bits per heavy atom. The second-order valence-electron chi connectivity index (χ2n) is 8.32. The predicted molar refractivity (Wildman–Crippen MR) is 135 cm³/mol. The number of carbonyl (C=O) groups excluding carboxylic acids is 1. The van der Waals surface area contributed by atoms with Crippen LogP contribution in [-0.2, 0) is 33.4 Å². The van der Waals surface area contributed by atoms with Crippen molar-refractivity contribution in [1.29, 1.82) is 0 Å². The van der Waals surface area contributed by atoms with Gasteiger partial charge in [-0.1, -0.05) is 61.6 Å². The Balaban J connectivity index is 1.72. The number of anilines is 1. The van der Waals surface area contributed by atoms with E-state index in [0.29, 0.717) is 35.0 Å². The first-order chi connectivity index (χ1) is 16.1. The van der Waals surface area contributed by atoms with Crippen LogP contribution in [0.3, 0.4) is 0 Å². The first-order valence-electron chi connectivity index (χ1n) is 11.1. The highest BCUT2D eigenvalue weighted by Crippen LogP contribution is 2.28. The van der Waals surface area contributed by atoms with Gasteiger partial charge in [0.15, 0.2) is 15.0 Å².